The van der Waals surface area contributed by atoms with E-state index in [1.54, 1.807) is 0 Å². The zero-order valence-electron chi connectivity index (χ0n) is 17.4. The van der Waals surface area contributed by atoms with Crippen LogP contribution in [0.25, 0.3) is 0 Å². The molecule has 0 aliphatic rings. The van der Waals surface area contributed by atoms with E-state index in [-0.39, 0.29) is 12.8 Å². The van der Waals surface area contributed by atoms with Crippen LogP contribution < -0.4 is 27.4 Å². The molecule has 0 saturated carbocycles. The average molecular weight is 455 g/mol. The summed E-state index contributed by atoms with van der Waals surface area (Å²) in [6.45, 7) is -0.0425. The van der Waals surface area contributed by atoms with Crippen molar-refractivity contribution in [1.29, 1.82) is 0 Å². The van der Waals surface area contributed by atoms with E-state index in [2.05, 4.69) is 25.9 Å². The molecule has 0 bridgehead atoms. The van der Waals surface area contributed by atoms with E-state index in [1.807, 2.05) is 0 Å². The fourth-order valence-corrected chi connectivity index (χ4v) is 2.76. The first-order valence-electron chi connectivity index (χ1n) is 9.90. The third-order valence-corrected chi connectivity index (χ3v) is 4.39. The maximum atomic E-state index is 12.7. The van der Waals surface area contributed by atoms with Crippen molar-refractivity contribution in [2.45, 2.75) is 50.2 Å². The summed E-state index contributed by atoms with van der Waals surface area (Å²) < 4.78 is 0. The molecule has 0 saturated heterocycles. The van der Waals surface area contributed by atoms with Crippen LogP contribution in [0.15, 0.2) is 12.5 Å². The molecule has 3 amide bonds. The van der Waals surface area contributed by atoms with Crippen LogP contribution in [0.5, 0.6) is 0 Å². The van der Waals surface area contributed by atoms with Gasteiger partial charge in [-0.25, -0.2) is 9.78 Å². The summed E-state index contributed by atoms with van der Waals surface area (Å²) >= 11 is 0. The largest absolute Gasteiger partial charge is 0.481 e. The first-order chi connectivity index (χ1) is 15.2. The lowest BCUT2D eigenvalue weighted by Crippen LogP contribution is -2.57. The molecule has 1 aromatic heterocycles. The Balaban J connectivity index is 2.93. The van der Waals surface area contributed by atoms with E-state index in [0.29, 0.717) is 25.1 Å². The number of imidazole rings is 1. The van der Waals surface area contributed by atoms with Crippen LogP contribution in [0.3, 0.4) is 0 Å². The van der Waals surface area contributed by atoms with Crippen molar-refractivity contribution >= 4 is 29.7 Å². The normalized spacial score (nSPS) is 13.4. The number of carboxylic acid groups (broad SMARTS) is 2. The summed E-state index contributed by atoms with van der Waals surface area (Å²) in [4.78, 5) is 66.2. The van der Waals surface area contributed by atoms with Crippen molar-refractivity contribution in [3.05, 3.63) is 18.2 Å². The standard InChI is InChI=1S/C18H29N7O7/c19-4-2-1-3-11(18(31)32)24-17(30)13(6-15(27)28)25-16(29)12(23-14(26)7-20)5-10-8-21-9-22-10/h8-9,11-13H,1-7,19-20H2,(H,21,22)(H,23,26)(H,24,30)(H,25,29)(H,27,28)(H,31,32). The minimum Gasteiger partial charge on any atom is -0.481 e. The Morgan fingerprint density at radius 2 is 1.62 bits per heavy atom. The van der Waals surface area contributed by atoms with Crippen LogP contribution in [-0.2, 0) is 30.4 Å². The molecule has 14 nitrogen and oxygen atoms in total. The number of unbranched alkanes of at least 4 members (excludes halogenated alkanes) is 1. The predicted octanol–water partition coefficient (Wildman–Crippen LogP) is -2.95. The molecule has 1 rings (SSSR count). The SMILES string of the molecule is NCCCCC(NC(=O)C(CC(=O)O)NC(=O)C(Cc1cnc[nH]1)NC(=O)CN)C(=O)O. The Kier molecular flexibility index (Phi) is 11.4. The number of amides is 3. The van der Waals surface area contributed by atoms with Crippen LogP contribution in [0.1, 0.15) is 31.4 Å². The van der Waals surface area contributed by atoms with Crippen LogP contribution in [0, 0.1) is 0 Å². The summed E-state index contributed by atoms with van der Waals surface area (Å²) in [7, 11) is 0. The van der Waals surface area contributed by atoms with Crippen molar-refractivity contribution in [1.82, 2.24) is 25.9 Å². The van der Waals surface area contributed by atoms with Gasteiger partial charge in [0.25, 0.3) is 0 Å². The smallest absolute Gasteiger partial charge is 0.326 e. The number of aromatic nitrogens is 2. The molecule has 32 heavy (non-hydrogen) atoms. The molecule has 0 spiro atoms. The lowest BCUT2D eigenvalue weighted by atomic mass is 10.1. The number of aromatic amines is 1. The number of nitrogens with two attached hydrogens (primary N) is 2. The highest BCUT2D eigenvalue weighted by Crippen LogP contribution is 2.05. The van der Waals surface area contributed by atoms with Gasteiger partial charge in [0.2, 0.25) is 17.7 Å². The summed E-state index contributed by atoms with van der Waals surface area (Å²) in [6, 6.07) is -4.04. The van der Waals surface area contributed by atoms with Crippen molar-refractivity contribution in [2.75, 3.05) is 13.1 Å². The number of nitrogens with one attached hydrogen (secondary N) is 4. The summed E-state index contributed by atoms with van der Waals surface area (Å²) in [6.07, 6.45) is 3.03. The number of aliphatic carboxylic acids is 2. The number of hydrogen-bond acceptors (Lipinski definition) is 8. The van der Waals surface area contributed by atoms with Crippen molar-refractivity contribution in [3.8, 4) is 0 Å². The van der Waals surface area contributed by atoms with Gasteiger partial charge in [0.1, 0.15) is 18.1 Å². The molecule has 0 aromatic carbocycles. The molecule has 1 aromatic rings. The molecule has 1 heterocycles. The number of carbonyl (C=O) groups excluding carboxylic acids is 3. The monoisotopic (exact) mass is 455 g/mol. The number of hydrogen-bond donors (Lipinski definition) is 8. The molecular weight excluding hydrogens is 426 g/mol. The Labute approximate surface area is 183 Å². The minimum absolute atomic E-state index is 0.0319. The average Bonchev–Trinajstić information content (AvgIpc) is 3.24. The first kappa shape index (κ1) is 26.5. The zero-order chi connectivity index (χ0) is 24.1. The van der Waals surface area contributed by atoms with E-state index in [4.69, 9.17) is 16.6 Å². The summed E-state index contributed by atoms with van der Waals surface area (Å²) in [5.74, 6) is -5.17. The number of rotatable bonds is 15. The first-order valence-corrected chi connectivity index (χ1v) is 9.90. The quantitative estimate of drug-likeness (QED) is 0.125. The van der Waals surface area contributed by atoms with Gasteiger partial charge in [0.05, 0.1) is 19.3 Å². The molecule has 14 heteroatoms. The maximum absolute atomic E-state index is 12.7. The molecule has 0 fully saturated rings. The Morgan fingerprint density at radius 3 is 2.16 bits per heavy atom. The Hall–Kier alpha value is -3.52. The van der Waals surface area contributed by atoms with Crippen LogP contribution >= 0.6 is 0 Å². The van der Waals surface area contributed by atoms with Gasteiger partial charge >= 0.3 is 11.9 Å². The molecule has 3 atom stereocenters. The topological polar surface area (TPSA) is 243 Å². The fourth-order valence-electron chi connectivity index (χ4n) is 2.76. The number of H-pyrrole nitrogens is 1. The van der Waals surface area contributed by atoms with E-state index in [9.17, 15) is 29.1 Å². The molecular formula is C18H29N7O7. The predicted molar refractivity (Wildman–Crippen MR) is 110 cm³/mol. The Morgan fingerprint density at radius 1 is 0.969 bits per heavy atom. The van der Waals surface area contributed by atoms with Gasteiger partial charge in [0, 0.05) is 18.3 Å². The second-order valence-corrected chi connectivity index (χ2v) is 6.95. The van der Waals surface area contributed by atoms with Crippen LogP contribution in [0.2, 0.25) is 0 Å². The minimum atomic E-state index is -1.57. The third-order valence-electron chi connectivity index (χ3n) is 4.39. The molecule has 0 radical (unpaired) electrons. The maximum Gasteiger partial charge on any atom is 0.326 e. The van der Waals surface area contributed by atoms with Gasteiger partial charge in [-0.1, -0.05) is 0 Å². The van der Waals surface area contributed by atoms with E-state index in [0.717, 1.165) is 0 Å². The van der Waals surface area contributed by atoms with Gasteiger partial charge in [-0.3, -0.25) is 19.2 Å². The summed E-state index contributed by atoms with van der Waals surface area (Å²) in [5.41, 5.74) is 11.1. The van der Waals surface area contributed by atoms with E-state index < -0.39 is 60.8 Å². The van der Waals surface area contributed by atoms with Crippen molar-refractivity contribution in [3.63, 3.8) is 0 Å². The second kappa shape index (κ2) is 13.7. The third kappa shape index (κ3) is 9.53. The highest BCUT2D eigenvalue weighted by molar-refractivity contribution is 5.95. The van der Waals surface area contributed by atoms with Gasteiger partial charge in [-0.05, 0) is 25.8 Å². The molecule has 178 valence electrons. The van der Waals surface area contributed by atoms with E-state index in [1.165, 1.54) is 12.5 Å². The van der Waals surface area contributed by atoms with Crippen LogP contribution in [0.4, 0.5) is 0 Å². The number of carbonyl (C=O) groups is 5. The van der Waals surface area contributed by atoms with Crippen molar-refractivity contribution < 1.29 is 34.2 Å². The molecule has 0 aliphatic carbocycles. The highest BCUT2D eigenvalue weighted by Gasteiger charge is 2.31. The van der Waals surface area contributed by atoms with Crippen molar-refractivity contribution in [2.24, 2.45) is 11.5 Å². The van der Waals surface area contributed by atoms with Crippen LogP contribution in [-0.4, -0.2) is 81.1 Å². The van der Waals surface area contributed by atoms with Gasteiger partial charge in [-0.15, -0.1) is 0 Å². The van der Waals surface area contributed by atoms with Gasteiger partial charge < -0.3 is 42.6 Å². The van der Waals surface area contributed by atoms with Gasteiger partial charge in [0.15, 0.2) is 0 Å². The Bertz CT molecular complexity index is 785. The number of carboxylic acids is 2. The number of nitrogens with zero attached hydrogens (tertiary/aromatic N) is 1. The lowest BCUT2D eigenvalue weighted by molar-refractivity contribution is -0.143. The second-order valence-electron chi connectivity index (χ2n) is 6.95. The van der Waals surface area contributed by atoms with E-state index >= 15 is 0 Å². The lowest BCUT2D eigenvalue weighted by Gasteiger charge is -2.23. The van der Waals surface area contributed by atoms with Gasteiger partial charge in [-0.2, -0.15) is 0 Å². The highest BCUT2D eigenvalue weighted by atomic mass is 16.4. The zero-order valence-corrected chi connectivity index (χ0v) is 17.4. The molecule has 0 aliphatic heterocycles. The summed E-state index contributed by atoms with van der Waals surface area (Å²) in [5, 5.41) is 25.3. The molecule has 3 unspecified atom stereocenters. The molecule has 10 N–H and O–H groups in total. The fraction of sp³-hybridized carbons (Fsp3) is 0.556.